The molecule has 3 aliphatic rings. The topological polar surface area (TPSA) is 90.3 Å². The van der Waals surface area contributed by atoms with E-state index in [-0.39, 0.29) is 17.1 Å². The number of nitrogens with zero attached hydrogens (tertiary/aromatic N) is 3. The second kappa shape index (κ2) is 8.32. The van der Waals surface area contributed by atoms with Gasteiger partial charge < -0.3 is 20.3 Å². The highest BCUT2D eigenvalue weighted by molar-refractivity contribution is 8.09. The van der Waals surface area contributed by atoms with Crippen LogP contribution >= 0.6 is 11.8 Å². The Hall–Kier alpha value is -3.16. The number of hydrogen-bond acceptors (Lipinski definition) is 6. The van der Waals surface area contributed by atoms with E-state index in [1.165, 1.54) is 17.8 Å². The molecule has 0 aliphatic carbocycles. The summed E-state index contributed by atoms with van der Waals surface area (Å²) in [5, 5.41) is 15.6. The van der Waals surface area contributed by atoms with Crippen molar-refractivity contribution in [2.24, 2.45) is 5.41 Å². The van der Waals surface area contributed by atoms with Crippen molar-refractivity contribution in [1.29, 1.82) is 5.26 Å². The van der Waals surface area contributed by atoms with Crippen LogP contribution in [0.2, 0.25) is 0 Å². The van der Waals surface area contributed by atoms with Gasteiger partial charge in [0.05, 0.1) is 36.0 Å². The SMILES string of the molecule is Cc1cc(C2=C(c3cccc(C#N)c3)NC(NC(=O)N3CC4(COC4)C3)S2)cc(C(F)F)n1. The van der Waals surface area contributed by atoms with E-state index in [2.05, 4.69) is 21.7 Å². The number of carbonyl (C=O) groups is 1. The van der Waals surface area contributed by atoms with E-state index in [9.17, 15) is 18.8 Å². The minimum atomic E-state index is -2.70. The molecule has 10 heteroatoms. The number of aryl methyl sites for hydroxylation is 1. The Labute approximate surface area is 193 Å². The first-order valence-corrected chi connectivity index (χ1v) is 11.3. The van der Waals surface area contributed by atoms with Crippen LogP contribution in [0.15, 0.2) is 36.4 Å². The Morgan fingerprint density at radius 2 is 2.12 bits per heavy atom. The first kappa shape index (κ1) is 21.7. The fourth-order valence-electron chi connectivity index (χ4n) is 4.26. The highest BCUT2D eigenvalue weighted by Crippen LogP contribution is 2.43. The normalized spacial score (nSPS) is 20.8. The van der Waals surface area contributed by atoms with E-state index in [0.717, 1.165) is 5.56 Å². The van der Waals surface area contributed by atoms with Crippen molar-refractivity contribution in [3.63, 3.8) is 0 Å². The Morgan fingerprint density at radius 3 is 2.79 bits per heavy atom. The van der Waals surface area contributed by atoms with Gasteiger partial charge in [-0.15, -0.1) is 0 Å². The van der Waals surface area contributed by atoms with Crippen molar-refractivity contribution < 1.29 is 18.3 Å². The molecular weight excluding hydrogens is 448 g/mol. The van der Waals surface area contributed by atoms with Crippen molar-refractivity contribution in [1.82, 2.24) is 20.5 Å². The monoisotopic (exact) mass is 469 g/mol. The third kappa shape index (κ3) is 4.14. The van der Waals surface area contributed by atoms with Gasteiger partial charge in [-0.3, -0.25) is 4.98 Å². The molecule has 7 nitrogen and oxygen atoms in total. The predicted molar refractivity (Wildman–Crippen MR) is 120 cm³/mol. The number of pyridine rings is 1. The molecule has 5 rings (SSSR count). The Bertz CT molecular complexity index is 1180. The summed E-state index contributed by atoms with van der Waals surface area (Å²) in [6.07, 6.45) is -2.70. The average molecular weight is 470 g/mol. The minimum absolute atomic E-state index is 0.111. The number of carbonyl (C=O) groups excluding carboxylic acids is 1. The molecule has 1 spiro atoms. The third-order valence-electron chi connectivity index (χ3n) is 5.89. The Kier molecular flexibility index (Phi) is 5.46. The lowest BCUT2D eigenvalue weighted by Crippen LogP contribution is -2.69. The number of nitrogens with one attached hydrogen (secondary N) is 2. The molecule has 0 saturated carbocycles. The molecule has 1 atom stereocenters. The molecule has 170 valence electrons. The quantitative estimate of drug-likeness (QED) is 0.710. The molecular formula is C23H21F2N5O2S. The summed E-state index contributed by atoms with van der Waals surface area (Å²) in [5.74, 6) is 0. The van der Waals surface area contributed by atoms with Crippen LogP contribution < -0.4 is 10.6 Å². The average Bonchev–Trinajstić information content (AvgIpc) is 3.15. The predicted octanol–water partition coefficient (Wildman–Crippen LogP) is 3.69. The fourth-order valence-corrected chi connectivity index (χ4v) is 5.38. The van der Waals surface area contributed by atoms with Crippen LogP contribution in [0.5, 0.6) is 0 Å². The standard InChI is InChI=1S/C23H21F2N5O2S/c1-13-5-16(7-17(27-13)20(24)25)19-18(15-4-2-3-14(6-15)8-26)28-21(33-19)29-22(31)30-9-23(10-30)11-32-12-23/h2-7,20-21,28H,9-12H2,1H3,(H,29,31). The molecule has 3 aliphatic heterocycles. The van der Waals surface area contributed by atoms with E-state index in [0.29, 0.717) is 53.7 Å². The summed E-state index contributed by atoms with van der Waals surface area (Å²) in [6.45, 7) is 4.37. The van der Waals surface area contributed by atoms with Crippen molar-refractivity contribution in [3.05, 3.63) is 64.5 Å². The minimum Gasteiger partial charge on any atom is -0.380 e. The summed E-state index contributed by atoms with van der Waals surface area (Å²) in [4.78, 5) is 19.1. The number of urea groups is 1. The van der Waals surface area contributed by atoms with E-state index in [4.69, 9.17) is 4.74 Å². The van der Waals surface area contributed by atoms with Gasteiger partial charge in [-0.25, -0.2) is 13.6 Å². The number of alkyl halides is 2. The fraction of sp³-hybridized carbons (Fsp3) is 0.348. The van der Waals surface area contributed by atoms with Crippen LogP contribution in [-0.4, -0.2) is 47.7 Å². The number of aromatic nitrogens is 1. The van der Waals surface area contributed by atoms with Crippen LogP contribution in [0.25, 0.3) is 10.6 Å². The number of hydrogen-bond donors (Lipinski definition) is 2. The van der Waals surface area contributed by atoms with E-state index in [1.54, 1.807) is 36.1 Å². The molecule has 2 N–H and O–H groups in total. The van der Waals surface area contributed by atoms with Gasteiger partial charge >= 0.3 is 6.03 Å². The third-order valence-corrected chi connectivity index (χ3v) is 7.04. The van der Waals surface area contributed by atoms with Crippen LogP contribution in [0, 0.1) is 23.7 Å². The second-order valence-electron chi connectivity index (χ2n) is 8.56. The van der Waals surface area contributed by atoms with Gasteiger partial charge in [0.25, 0.3) is 6.43 Å². The van der Waals surface area contributed by atoms with Gasteiger partial charge in [-0.1, -0.05) is 23.9 Å². The van der Waals surface area contributed by atoms with Gasteiger partial charge in [-0.05, 0) is 36.8 Å². The molecule has 1 aromatic heterocycles. The van der Waals surface area contributed by atoms with Crippen LogP contribution in [0.1, 0.15) is 34.5 Å². The van der Waals surface area contributed by atoms with Crippen LogP contribution in [0.3, 0.4) is 0 Å². The van der Waals surface area contributed by atoms with Crippen molar-refractivity contribution in [3.8, 4) is 6.07 Å². The molecule has 33 heavy (non-hydrogen) atoms. The number of nitriles is 1. The van der Waals surface area contributed by atoms with Crippen molar-refractivity contribution in [2.45, 2.75) is 18.8 Å². The van der Waals surface area contributed by atoms with Gasteiger partial charge in [0.2, 0.25) is 0 Å². The van der Waals surface area contributed by atoms with Crippen molar-refractivity contribution >= 4 is 28.4 Å². The van der Waals surface area contributed by atoms with Crippen LogP contribution in [0.4, 0.5) is 13.6 Å². The lowest BCUT2D eigenvalue weighted by molar-refractivity contribution is -0.175. The first-order valence-electron chi connectivity index (χ1n) is 10.4. The molecule has 2 saturated heterocycles. The van der Waals surface area contributed by atoms with E-state index >= 15 is 0 Å². The number of rotatable bonds is 4. The maximum Gasteiger partial charge on any atom is 0.319 e. The highest BCUT2D eigenvalue weighted by atomic mass is 32.2. The highest BCUT2D eigenvalue weighted by Gasteiger charge is 2.51. The zero-order chi connectivity index (χ0) is 23.2. The van der Waals surface area contributed by atoms with Gasteiger partial charge in [0.1, 0.15) is 5.69 Å². The maximum absolute atomic E-state index is 13.4. The lowest BCUT2D eigenvalue weighted by Gasteiger charge is -2.54. The summed E-state index contributed by atoms with van der Waals surface area (Å²) < 4.78 is 32.1. The largest absolute Gasteiger partial charge is 0.380 e. The Morgan fingerprint density at radius 1 is 1.33 bits per heavy atom. The van der Waals surface area contributed by atoms with Crippen LogP contribution in [-0.2, 0) is 4.74 Å². The number of halogens is 2. The number of ether oxygens (including phenoxy) is 1. The lowest BCUT2D eigenvalue weighted by atomic mass is 9.78. The molecule has 2 aromatic rings. The van der Waals surface area contributed by atoms with E-state index < -0.39 is 11.9 Å². The molecule has 1 unspecified atom stereocenters. The van der Waals surface area contributed by atoms with Gasteiger partial charge in [0.15, 0.2) is 5.50 Å². The van der Waals surface area contributed by atoms with E-state index in [1.807, 2.05) is 6.07 Å². The second-order valence-corrected chi connectivity index (χ2v) is 9.68. The molecule has 2 amide bonds. The van der Waals surface area contributed by atoms with Crippen molar-refractivity contribution in [2.75, 3.05) is 26.3 Å². The molecule has 2 fully saturated rings. The zero-order valence-corrected chi connectivity index (χ0v) is 18.6. The Balaban J connectivity index is 1.42. The smallest absolute Gasteiger partial charge is 0.319 e. The molecule has 4 heterocycles. The van der Waals surface area contributed by atoms with Gasteiger partial charge in [0, 0.05) is 29.3 Å². The maximum atomic E-state index is 13.4. The summed E-state index contributed by atoms with van der Waals surface area (Å²) in [7, 11) is 0. The number of benzene rings is 1. The summed E-state index contributed by atoms with van der Waals surface area (Å²) in [5.41, 5.74) is 2.25. The summed E-state index contributed by atoms with van der Waals surface area (Å²) in [6, 6.07) is 12.1. The molecule has 0 radical (unpaired) electrons. The number of amides is 2. The summed E-state index contributed by atoms with van der Waals surface area (Å²) >= 11 is 1.34. The first-order chi connectivity index (χ1) is 15.9. The molecule has 1 aromatic carbocycles. The number of thioether (sulfide) groups is 1. The zero-order valence-electron chi connectivity index (χ0n) is 17.8. The number of likely N-dealkylation sites (tertiary alicyclic amines) is 1. The molecule has 0 bridgehead atoms. The van der Waals surface area contributed by atoms with Gasteiger partial charge in [-0.2, -0.15) is 5.26 Å².